The van der Waals surface area contributed by atoms with Crippen LogP contribution in [0.2, 0.25) is 0 Å². The fourth-order valence-corrected chi connectivity index (χ4v) is 4.86. The lowest BCUT2D eigenvalue weighted by Gasteiger charge is -2.15. The van der Waals surface area contributed by atoms with E-state index in [1.807, 2.05) is 0 Å². The molecule has 0 atom stereocenters. The number of rotatable bonds is 4. The zero-order valence-electron chi connectivity index (χ0n) is 16.4. The van der Waals surface area contributed by atoms with Gasteiger partial charge >= 0.3 is 17.5 Å². The first-order chi connectivity index (χ1) is 14.3. The topological polar surface area (TPSA) is 121 Å². The van der Waals surface area contributed by atoms with E-state index in [9.17, 15) is 31.2 Å². The van der Waals surface area contributed by atoms with E-state index in [0.29, 0.717) is 0 Å². The van der Waals surface area contributed by atoms with Crippen LogP contribution in [0.3, 0.4) is 0 Å². The Kier molecular flexibility index (Phi) is 4.30. The van der Waals surface area contributed by atoms with Gasteiger partial charge in [-0.3, -0.25) is 13.9 Å². The summed E-state index contributed by atoms with van der Waals surface area (Å²) in [5.74, 6) is -0.680. The molecule has 0 spiro atoms. The summed E-state index contributed by atoms with van der Waals surface area (Å²) in [4.78, 5) is 28.5. The van der Waals surface area contributed by atoms with Gasteiger partial charge in [-0.15, -0.1) is 10.2 Å². The number of alkyl halides is 3. The monoisotopic (exact) mass is 456 g/mol. The third-order valence-electron chi connectivity index (χ3n) is 5.09. The molecular formula is C17H15F3N6O4S. The van der Waals surface area contributed by atoms with Gasteiger partial charge in [-0.1, -0.05) is 18.2 Å². The van der Waals surface area contributed by atoms with Gasteiger partial charge in [-0.25, -0.2) is 13.2 Å². The molecule has 0 bridgehead atoms. The van der Waals surface area contributed by atoms with Gasteiger partial charge in [0.2, 0.25) is 15.0 Å². The number of aromatic nitrogens is 4. The molecule has 14 heteroatoms. The maximum absolute atomic E-state index is 13.2. The van der Waals surface area contributed by atoms with Crippen molar-refractivity contribution in [1.29, 1.82) is 0 Å². The first-order valence-electron chi connectivity index (χ1n) is 8.75. The van der Waals surface area contributed by atoms with Crippen LogP contribution in [0.25, 0.3) is 11.2 Å². The largest absolute Gasteiger partial charge is 0.442 e. The van der Waals surface area contributed by atoms with Crippen LogP contribution >= 0.6 is 0 Å². The molecule has 4 rings (SSSR count). The number of hydrogen-bond donors (Lipinski definition) is 0. The second kappa shape index (κ2) is 6.35. The first-order valence-corrected chi connectivity index (χ1v) is 10.4. The Bertz CT molecular complexity index is 1490. The Balaban J connectivity index is 1.79. The molecule has 164 valence electrons. The molecule has 3 aromatic rings. The minimum Gasteiger partial charge on any atom is -0.312 e. The van der Waals surface area contributed by atoms with Gasteiger partial charge in [0.15, 0.2) is 11.2 Å². The molecule has 0 N–H and O–H groups in total. The van der Waals surface area contributed by atoms with E-state index in [1.165, 1.54) is 33.3 Å². The fraction of sp³-hybridized carbons (Fsp3) is 0.353. The summed E-state index contributed by atoms with van der Waals surface area (Å²) < 4.78 is 68.7. The standard InChI is InChI=1S/C17H15F3N6O4S/c1-24-11-12(25(2)15(28)26(3)13(11)27)21-14(24)31(29,30)8-9-5-4-6-10(7-9)16(22-23-16)17(18,19)20/h4-7H,8H2,1-3H3. The lowest BCUT2D eigenvalue weighted by Crippen LogP contribution is -2.37. The number of fused-ring (bicyclic) bond motifs is 1. The van der Waals surface area contributed by atoms with E-state index in [0.717, 1.165) is 25.8 Å². The van der Waals surface area contributed by atoms with Crippen molar-refractivity contribution in [2.45, 2.75) is 22.7 Å². The molecule has 0 unspecified atom stereocenters. The zero-order chi connectivity index (χ0) is 22.9. The maximum Gasteiger partial charge on any atom is 0.442 e. The van der Waals surface area contributed by atoms with E-state index >= 15 is 0 Å². The van der Waals surface area contributed by atoms with Gasteiger partial charge in [0, 0.05) is 26.7 Å². The first kappa shape index (κ1) is 21.0. The van der Waals surface area contributed by atoms with Crippen molar-refractivity contribution in [3.8, 4) is 0 Å². The number of aryl methyl sites for hydroxylation is 2. The van der Waals surface area contributed by atoms with E-state index < -0.39 is 43.8 Å². The van der Waals surface area contributed by atoms with Gasteiger partial charge in [0.05, 0.1) is 5.75 Å². The maximum atomic E-state index is 13.2. The lowest BCUT2D eigenvalue weighted by molar-refractivity contribution is -0.166. The van der Waals surface area contributed by atoms with Gasteiger partial charge < -0.3 is 4.57 Å². The normalized spacial score (nSPS) is 15.5. The summed E-state index contributed by atoms with van der Waals surface area (Å²) in [6.45, 7) is 0. The average molecular weight is 456 g/mol. The van der Waals surface area contributed by atoms with Crippen molar-refractivity contribution in [2.75, 3.05) is 0 Å². The molecule has 3 heterocycles. The number of hydrogen-bond acceptors (Lipinski definition) is 7. The molecule has 0 saturated carbocycles. The highest BCUT2D eigenvalue weighted by Gasteiger charge is 2.65. The van der Waals surface area contributed by atoms with Crippen molar-refractivity contribution in [2.24, 2.45) is 31.4 Å². The fourth-order valence-electron chi connectivity index (χ4n) is 3.38. The molecule has 1 aromatic carbocycles. The number of nitrogens with zero attached hydrogens (tertiary/aromatic N) is 6. The van der Waals surface area contributed by atoms with Crippen LogP contribution in [0, 0.1) is 0 Å². The van der Waals surface area contributed by atoms with E-state index in [-0.39, 0.29) is 22.3 Å². The highest BCUT2D eigenvalue weighted by atomic mass is 32.2. The average Bonchev–Trinajstić information content (AvgIpc) is 3.43. The highest BCUT2D eigenvalue weighted by molar-refractivity contribution is 7.90. The van der Waals surface area contributed by atoms with Crippen molar-refractivity contribution in [3.05, 3.63) is 56.2 Å². The molecule has 10 nitrogen and oxygen atoms in total. The highest BCUT2D eigenvalue weighted by Crippen LogP contribution is 2.52. The van der Waals surface area contributed by atoms with Crippen molar-refractivity contribution in [1.82, 2.24) is 18.7 Å². The third kappa shape index (κ3) is 3.00. The van der Waals surface area contributed by atoms with Gasteiger partial charge in [-0.05, 0) is 11.6 Å². The van der Waals surface area contributed by atoms with Crippen molar-refractivity contribution < 1.29 is 21.6 Å². The molecule has 0 fully saturated rings. The Morgan fingerprint density at radius 1 is 1.03 bits per heavy atom. The minimum atomic E-state index is -4.74. The van der Waals surface area contributed by atoms with Gasteiger partial charge in [0.1, 0.15) is 0 Å². The Hall–Kier alpha value is -3.29. The lowest BCUT2D eigenvalue weighted by atomic mass is 10.0. The Labute approximate surface area is 172 Å². The Morgan fingerprint density at radius 2 is 1.68 bits per heavy atom. The number of benzene rings is 1. The molecule has 0 radical (unpaired) electrons. The number of sulfone groups is 1. The van der Waals surface area contributed by atoms with Crippen LogP contribution in [0.15, 0.2) is 49.2 Å². The molecule has 2 aromatic heterocycles. The van der Waals surface area contributed by atoms with Crippen LogP contribution in [-0.2, 0) is 42.4 Å². The molecule has 0 aliphatic carbocycles. The van der Waals surface area contributed by atoms with E-state index in [4.69, 9.17) is 0 Å². The zero-order valence-corrected chi connectivity index (χ0v) is 17.2. The van der Waals surface area contributed by atoms with Gasteiger partial charge in [-0.2, -0.15) is 18.2 Å². The summed E-state index contributed by atoms with van der Waals surface area (Å²) >= 11 is 0. The summed E-state index contributed by atoms with van der Waals surface area (Å²) in [6.07, 6.45) is -4.74. The van der Waals surface area contributed by atoms with Crippen LogP contribution in [0.1, 0.15) is 11.1 Å². The number of halogens is 3. The van der Waals surface area contributed by atoms with Crippen LogP contribution in [0.4, 0.5) is 13.2 Å². The molecule has 1 aliphatic rings. The van der Waals surface area contributed by atoms with E-state index in [2.05, 4.69) is 15.2 Å². The molecule has 1 aliphatic heterocycles. The van der Waals surface area contributed by atoms with Crippen LogP contribution in [-0.4, -0.2) is 33.3 Å². The quantitative estimate of drug-likeness (QED) is 0.583. The van der Waals surface area contributed by atoms with Gasteiger partial charge in [0.25, 0.3) is 5.56 Å². The van der Waals surface area contributed by atoms with E-state index in [1.54, 1.807) is 0 Å². The SMILES string of the molecule is Cn1c(=O)c2c(nc(S(=O)(=O)Cc3cccc(C4(C(F)(F)F)N=N4)c3)n2C)n(C)c1=O. The second-order valence-corrected chi connectivity index (χ2v) is 9.04. The summed E-state index contributed by atoms with van der Waals surface area (Å²) in [6, 6.07) is 4.87. The van der Waals surface area contributed by atoms with Crippen LogP contribution < -0.4 is 11.2 Å². The third-order valence-corrected chi connectivity index (χ3v) is 6.73. The predicted molar refractivity (Wildman–Crippen MR) is 101 cm³/mol. The van der Waals surface area contributed by atoms with Crippen molar-refractivity contribution in [3.63, 3.8) is 0 Å². The summed E-state index contributed by atoms with van der Waals surface area (Å²) in [7, 11) is -0.291. The molecule has 0 amide bonds. The van der Waals surface area contributed by atoms with Crippen LogP contribution in [0.5, 0.6) is 0 Å². The molecule has 31 heavy (non-hydrogen) atoms. The summed E-state index contributed by atoms with van der Waals surface area (Å²) in [5.41, 5.74) is -4.52. The minimum absolute atomic E-state index is 0.0623. The Morgan fingerprint density at radius 3 is 2.26 bits per heavy atom. The predicted octanol–water partition coefficient (Wildman–Crippen LogP) is 1.13. The van der Waals surface area contributed by atoms with Crippen molar-refractivity contribution >= 4 is 21.0 Å². The second-order valence-electron chi connectivity index (χ2n) is 7.16. The molecule has 0 saturated heterocycles. The number of imidazole rings is 1. The summed E-state index contributed by atoms with van der Waals surface area (Å²) in [5, 5.41) is 5.74. The molecular weight excluding hydrogens is 441 g/mol. The smallest absolute Gasteiger partial charge is 0.312 e.